The lowest BCUT2D eigenvalue weighted by Crippen LogP contribution is -2.25. The maximum Gasteiger partial charge on any atom is 0.271 e. The summed E-state index contributed by atoms with van der Waals surface area (Å²) in [5.41, 5.74) is 0.362. The van der Waals surface area contributed by atoms with E-state index in [2.05, 4.69) is 34.4 Å². The van der Waals surface area contributed by atoms with Gasteiger partial charge < -0.3 is 10.6 Å². The largest absolute Gasteiger partial charge is 0.369 e. The molecule has 1 rings (SSSR count). The molecule has 0 aliphatic carbocycles. The molecule has 5 heteroatoms. The molecule has 0 fully saturated rings. The minimum Gasteiger partial charge on any atom is -0.369 e. The van der Waals surface area contributed by atoms with Crippen molar-refractivity contribution >= 4 is 11.7 Å². The van der Waals surface area contributed by atoms with Crippen LogP contribution in [0.5, 0.6) is 0 Å². The molecule has 0 unspecified atom stereocenters. The van der Waals surface area contributed by atoms with Gasteiger partial charge in [-0.05, 0) is 25.7 Å². The van der Waals surface area contributed by atoms with Crippen LogP contribution in [0.25, 0.3) is 0 Å². The molecular formula is C13H22N4O. The molecule has 5 nitrogen and oxygen atoms in total. The van der Waals surface area contributed by atoms with Gasteiger partial charge in [-0.3, -0.25) is 4.79 Å². The fraction of sp³-hybridized carbons (Fsp3) is 0.615. The molecule has 1 amide bonds. The first-order valence-corrected chi connectivity index (χ1v) is 6.47. The lowest BCUT2D eigenvalue weighted by Gasteiger charge is -2.07. The summed E-state index contributed by atoms with van der Waals surface area (Å²) in [7, 11) is 0. The van der Waals surface area contributed by atoms with Crippen molar-refractivity contribution in [1.29, 1.82) is 0 Å². The predicted molar refractivity (Wildman–Crippen MR) is 72.6 cm³/mol. The second-order valence-electron chi connectivity index (χ2n) is 4.61. The minimum absolute atomic E-state index is 0.158. The molecule has 18 heavy (non-hydrogen) atoms. The maximum absolute atomic E-state index is 11.7. The number of amides is 1. The molecule has 0 spiro atoms. The predicted octanol–water partition coefficient (Wildman–Crippen LogP) is 2.07. The normalized spacial score (nSPS) is 10.4. The highest BCUT2D eigenvalue weighted by Crippen LogP contribution is 2.03. The van der Waals surface area contributed by atoms with E-state index in [1.54, 1.807) is 6.20 Å². The van der Waals surface area contributed by atoms with E-state index in [-0.39, 0.29) is 5.91 Å². The Bertz CT molecular complexity index is 362. The van der Waals surface area contributed by atoms with Crippen LogP contribution in [0.3, 0.4) is 0 Å². The average molecular weight is 250 g/mol. The zero-order valence-electron chi connectivity index (χ0n) is 11.4. The zero-order valence-corrected chi connectivity index (χ0v) is 11.4. The summed E-state index contributed by atoms with van der Waals surface area (Å²) in [5.74, 6) is 1.20. The number of carbonyl (C=O) groups excluding carboxylic acids is 1. The van der Waals surface area contributed by atoms with Gasteiger partial charge in [-0.1, -0.05) is 13.8 Å². The summed E-state index contributed by atoms with van der Waals surface area (Å²) in [6, 6.07) is 0. The fourth-order valence-electron chi connectivity index (χ4n) is 1.52. The summed E-state index contributed by atoms with van der Waals surface area (Å²) in [4.78, 5) is 19.9. The van der Waals surface area contributed by atoms with Gasteiger partial charge in [-0.25, -0.2) is 9.97 Å². The van der Waals surface area contributed by atoms with Crippen molar-refractivity contribution in [3.63, 3.8) is 0 Å². The van der Waals surface area contributed by atoms with E-state index in [1.165, 1.54) is 6.20 Å². The van der Waals surface area contributed by atoms with Crippen LogP contribution in [0.1, 0.15) is 44.1 Å². The first-order chi connectivity index (χ1) is 8.63. The first-order valence-electron chi connectivity index (χ1n) is 6.47. The number of carbonyl (C=O) groups is 1. The van der Waals surface area contributed by atoms with Crippen LogP contribution in [0, 0.1) is 5.92 Å². The van der Waals surface area contributed by atoms with Crippen molar-refractivity contribution in [2.24, 2.45) is 5.92 Å². The standard InChI is InChI=1S/C13H22N4O/c1-4-14-12-9-16-11(8-17-12)13(18)15-7-5-6-10(2)3/h8-10H,4-7H2,1-3H3,(H,14,17)(H,15,18). The van der Waals surface area contributed by atoms with E-state index in [9.17, 15) is 4.79 Å². The number of anilines is 1. The van der Waals surface area contributed by atoms with Gasteiger partial charge in [-0.15, -0.1) is 0 Å². The van der Waals surface area contributed by atoms with Crippen LogP contribution in [-0.2, 0) is 0 Å². The van der Waals surface area contributed by atoms with Crippen LogP contribution < -0.4 is 10.6 Å². The number of hydrogen-bond acceptors (Lipinski definition) is 4. The molecule has 2 N–H and O–H groups in total. The maximum atomic E-state index is 11.7. The second kappa shape index (κ2) is 7.63. The van der Waals surface area contributed by atoms with Crippen LogP contribution in [0.2, 0.25) is 0 Å². The number of nitrogens with one attached hydrogen (secondary N) is 2. The lowest BCUT2D eigenvalue weighted by molar-refractivity contribution is 0.0947. The lowest BCUT2D eigenvalue weighted by atomic mass is 10.1. The molecule has 0 aromatic carbocycles. The Morgan fingerprint density at radius 2 is 2.11 bits per heavy atom. The summed E-state index contributed by atoms with van der Waals surface area (Å²) >= 11 is 0. The number of aromatic nitrogens is 2. The molecule has 0 aliphatic rings. The third-order valence-electron chi connectivity index (χ3n) is 2.49. The number of hydrogen-bond donors (Lipinski definition) is 2. The SMILES string of the molecule is CCNc1cnc(C(=O)NCCCC(C)C)cn1. The minimum atomic E-state index is -0.158. The fourth-order valence-corrected chi connectivity index (χ4v) is 1.52. The summed E-state index contributed by atoms with van der Waals surface area (Å²) in [6.45, 7) is 7.81. The Labute approximate surface area is 108 Å². The van der Waals surface area contributed by atoms with Gasteiger partial charge >= 0.3 is 0 Å². The highest BCUT2D eigenvalue weighted by atomic mass is 16.1. The van der Waals surface area contributed by atoms with E-state index in [0.29, 0.717) is 24.0 Å². The zero-order chi connectivity index (χ0) is 13.4. The molecule has 0 saturated carbocycles. The number of nitrogens with zero attached hydrogens (tertiary/aromatic N) is 2. The molecule has 100 valence electrons. The molecule has 0 bridgehead atoms. The monoisotopic (exact) mass is 250 g/mol. The van der Waals surface area contributed by atoms with Crippen molar-refractivity contribution in [2.45, 2.75) is 33.6 Å². The second-order valence-corrected chi connectivity index (χ2v) is 4.61. The molecule has 1 aromatic heterocycles. The molecular weight excluding hydrogens is 228 g/mol. The molecule has 0 aliphatic heterocycles. The third-order valence-corrected chi connectivity index (χ3v) is 2.49. The van der Waals surface area contributed by atoms with Crippen LogP contribution >= 0.6 is 0 Å². The van der Waals surface area contributed by atoms with Gasteiger partial charge in [0.1, 0.15) is 11.5 Å². The van der Waals surface area contributed by atoms with Crippen molar-refractivity contribution in [1.82, 2.24) is 15.3 Å². The van der Waals surface area contributed by atoms with Gasteiger partial charge in [0.2, 0.25) is 0 Å². The van der Waals surface area contributed by atoms with E-state index in [4.69, 9.17) is 0 Å². The van der Waals surface area contributed by atoms with E-state index < -0.39 is 0 Å². The topological polar surface area (TPSA) is 66.9 Å². The summed E-state index contributed by atoms with van der Waals surface area (Å²) in [6.07, 6.45) is 5.18. The van der Waals surface area contributed by atoms with Gasteiger partial charge in [0.05, 0.1) is 12.4 Å². The Morgan fingerprint density at radius 1 is 1.33 bits per heavy atom. The van der Waals surface area contributed by atoms with E-state index in [1.807, 2.05) is 6.92 Å². The Hall–Kier alpha value is -1.65. The van der Waals surface area contributed by atoms with E-state index in [0.717, 1.165) is 19.4 Å². The first kappa shape index (κ1) is 14.4. The van der Waals surface area contributed by atoms with Crippen molar-refractivity contribution in [3.8, 4) is 0 Å². The molecule has 1 heterocycles. The third kappa shape index (κ3) is 5.12. The Morgan fingerprint density at radius 3 is 2.67 bits per heavy atom. The molecule has 0 atom stereocenters. The Balaban J connectivity index is 2.37. The van der Waals surface area contributed by atoms with Crippen LogP contribution in [0.4, 0.5) is 5.82 Å². The van der Waals surface area contributed by atoms with Crippen LogP contribution in [-0.4, -0.2) is 29.0 Å². The highest BCUT2D eigenvalue weighted by molar-refractivity contribution is 5.91. The smallest absolute Gasteiger partial charge is 0.271 e. The van der Waals surface area contributed by atoms with Crippen molar-refractivity contribution in [3.05, 3.63) is 18.1 Å². The van der Waals surface area contributed by atoms with Gasteiger partial charge in [0.25, 0.3) is 5.91 Å². The Kier molecular flexibility index (Phi) is 6.11. The van der Waals surface area contributed by atoms with E-state index >= 15 is 0 Å². The number of rotatable bonds is 7. The van der Waals surface area contributed by atoms with Gasteiger partial charge in [0, 0.05) is 13.1 Å². The van der Waals surface area contributed by atoms with Crippen molar-refractivity contribution < 1.29 is 4.79 Å². The average Bonchev–Trinajstić information content (AvgIpc) is 2.35. The quantitative estimate of drug-likeness (QED) is 0.727. The van der Waals surface area contributed by atoms with Gasteiger partial charge in [0.15, 0.2) is 0 Å². The summed E-state index contributed by atoms with van der Waals surface area (Å²) < 4.78 is 0. The molecule has 0 radical (unpaired) electrons. The molecule has 1 aromatic rings. The van der Waals surface area contributed by atoms with Crippen molar-refractivity contribution in [2.75, 3.05) is 18.4 Å². The van der Waals surface area contributed by atoms with Crippen LogP contribution in [0.15, 0.2) is 12.4 Å². The molecule has 0 saturated heterocycles. The summed E-state index contributed by atoms with van der Waals surface area (Å²) in [5, 5.41) is 5.88. The highest BCUT2D eigenvalue weighted by Gasteiger charge is 2.07. The van der Waals surface area contributed by atoms with Gasteiger partial charge in [-0.2, -0.15) is 0 Å².